The summed E-state index contributed by atoms with van der Waals surface area (Å²) in [6.45, 7) is 25.3. The maximum absolute atomic E-state index is 12.2. The largest absolute Gasteiger partial charge is 2.00 e. The molecular weight excluding hydrogens is 915 g/mol. The second kappa shape index (κ2) is 48.8. The van der Waals surface area contributed by atoms with Crippen LogP contribution in [0.15, 0.2) is 71.8 Å². The van der Waals surface area contributed by atoms with E-state index >= 15 is 0 Å². The van der Waals surface area contributed by atoms with Crippen molar-refractivity contribution in [2.24, 2.45) is 11.8 Å². The first kappa shape index (κ1) is 68.9. The molecule has 0 fully saturated rings. The fourth-order valence-electron chi connectivity index (χ4n) is 9.86. The summed E-state index contributed by atoms with van der Waals surface area (Å²) in [5, 5.41) is 0. The van der Waals surface area contributed by atoms with Gasteiger partial charge in [-0.15, -0.1) is 23.7 Å². The van der Waals surface area contributed by atoms with Crippen LogP contribution in [0.2, 0.25) is 0 Å². The molecule has 0 aliphatic carbocycles. The monoisotopic (exact) mass is 1020 g/mol. The zero-order chi connectivity index (χ0) is 52.0. The summed E-state index contributed by atoms with van der Waals surface area (Å²) in [6.07, 6.45) is 48.3. The molecule has 0 amide bonds. The van der Waals surface area contributed by atoms with Crippen LogP contribution in [0.4, 0.5) is 0 Å². The average molecular weight is 1030 g/mol. The smallest absolute Gasteiger partial charge is 0.493 e. The first-order valence-corrected chi connectivity index (χ1v) is 30.1. The van der Waals surface area contributed by atoms with E-state index in [4.69, 9.17) is 0 Å². The van der Waals surface area contributed by atoms with Crippen LogP contribution >= 0.6 is 0 Å². The quantitative estimate of drug-likeness (QED) is 0.0214. The van der Waals surface area contributed by atoms with Crippen molar-refractivity contribution in [1.29, 1.82) is 0 Å². The summed E-state index contributed by atoms with van der Waals surface area (Å²) in [5.41, 5.74) is 21.3. The van der Waals surface area contributed by atoms with Crippen molar-refractivity contribution in [1.82, 2.24) is 0 Å². The molecular formula is C69H110N2Ni. The van der Waals surface area contributed by atoms with Crippen LogP contribution in [0.25, 0.3) is 16.9 Å². The SMILES string of the molecule is CC=CC1=C(c2ccccc2CCC(CC#CCC)CCCC)[N+](=[N-])C(c2ccccc2CCC(CC#CCC)CCCC)=C1CC.[CH2-]CCCCCCCCCCC.[CH2-]CCCCCCCCCCC.[Ni+2]. The molecule has 0 N–H and O–H groups in total. The summed E-state index contributed by atoms with van der Waals surface area (Å²) >= 11 is 0. The summed E-state index contributed by atoms with van der Waals surface area (Å²) in [5.74, 6) is 14.6. The molecule has 3 heteroatoms. The van der Waals surface area contributed by atoms with Gasteiger partial charge in [-0.05, 0) is 87.0 Å². The molecule has 2 atom stereocenters. The van der Waals surface area contributed by atoms with Gasteiger partial charge in [0.05, 0.1) is 5.57 Å². The van der Waals surface area contributed by atoms with Gasteiger partial charge < -0.3 is 19.4 Å². The van der Waals surface area contributed by atoms with Crippen LogP contribution < -0.4 is 0 Å². The van der Waals surface area contributed by atoms with Crippen molar-refractivity contribution in [2.75, 3.05) is 0 Å². The van der Waals surface area contributed by atoms with E-state index in [9.17, 15) is 5.53 Å². The van der Waals surface area contributed by atoms with E-state index in [0.29, 0.717) is 11.8 Å². The summed E-state index contributed by atoms with van der Waals surface area (Å²) in [4.78, 5) is 0. The Morgan fingerprint density at radius 2 is 0.861 bits per heavy atom. The van der Waals surface area contributed by atoms with Crippen LogP contribution in [-0.4, -0.2) is 4.70 Å². The number of rotatable bonds is 36. The van der Waals surface area contributed by atoms with Gasteiger partial charge in [-0.1, -0.05) is 238 Å². The predicted octanol–water partition coefficient (Wildman–Crippen LogP) is 22.4. The minimum Gasteiger partial charge on any atom is -0.493 e. The van der Waals surface area contributed by atoms with Crippen molar-refractivity contribution >= 4 is 11.4 Å². The summed E-state index contributed by atoms with van der Waals surface area (Å²) in [7, 11) is 0. The van der Waals surface area contributed by atoms with Crippen LogP contribution in [0.3, 0.4) is 0 Å². The van der Waals surface area contributed by atoms with Crippen LogP contribution in [0.1, 0.15) is 290 Å². The minimum atomic E-state index is 0. The van der Waals surface area contributed by atoms with Crippen LogP contribution in [-0.2, 0) is 29.3 Å². The number of hydrogen-bond acceptors (Lipinski definition) is 0. The van der Waals surface area contributed by atoms with E-state index < -0.39 is 0 Å². The predicted molar refractivity (Wildman–Crippen MR) is 318 cm³/mol. The topological polar surface area (TPSA) is 25.3 Å². The molecule has 1 aliphatic rings. The van der Waals surface area contributed by atoms with Gasteiger partial charge in [0, 0.05) is 42.4 Å². The van der Waals surface area contributed by atoms with Crippen molar-refractivity contribution in [3.05, 3.63) is 113 Å². The number of hydrogen-bond donors (Lipinski definition) is 0. The maximum atomic E-state index is 12.2. The van der Waals surface area contributed by atoms with E-state index in [1.54, 1.807) is 0 Å². The van der Waals surface area contributed by atoms with E-state index in [-0.39, 0.29) is 16.5 Å². The normalized spacial score (nSPS) is 12.8. The third-order valence-electron chi connectivity index (χ3n) is 14.2. The molecule has 3 rings (SSSR count). The average Bonchev–Trinajstić information content (AvgIpc) is 3.67. The zero-order valence-corrected chi connectivity index (χ0v) is 49.3. The van der Waals surface area contributed by atoms with Gasteiger partial charge in [-0.2, -0.15) is 12.8 Å². The Hall–Kier alpha value is -3.13. The summed E-state index contributed by atoms with van der Waals surface area (Å²) in [6, 6.07) is 17.5. The second-order valence-corrected chi connectivity index (χ2v) is 20.3. The molecule has 2 nitrogen and oxygen atoms in total. The number of aryl methyl sites for hydroxylation is 2. The molecule has 0 spiro atoms. The van der Waals surface area contributed by atoms with Crippen molar-refractivity contribution in [3.63, 3.8) is 0 Å². The fraction of sp³-hybridized carbons (Fsp3) is 0.652. The number of nitrogens with zero attached hydrogens (tertiary/aromatic N) is 2. The summed E-state index contributed by atoms with van der Waals surface area (Å²) < 4.78 is 1.52. The molecule has 0 aromatic heterocycles. The molecule has 0 bridgehead atoms. The Morgan fingerprint density at radius 3 is 1.22 bits per heavy atom. The van der Waals surface area contributed by atoms with Crippen molar-refractivity contribution in [2.45, 2.75) is 280 Å². The molecule has 2 unspecified atom stereocenters. The third kappa shape index (κ3) is 30.3. The Balaban J connectivity index is 0.00000165. The Labute approximate surface area is 459 Å². The third-order valence-corrected chi connectivity index (χ3v) is 14.2. The standard InChI is InChI=1S/C45H60N2.2C12H25.Ni/c1-7-13-17-26-36(24-15-9-3)32-34-38-28-19-21-30-41(38)44-40(12-6)43(23-11-5)45(47(44)46)42-31-22-20-29-39(42)35-33-37(25-16-10-4)27-18-14-8-2;2*1-3-5-7-9-11-12-10-8-6-4-2;/h11,19-23,28-31,36-37H,7-10,12,15-16,24-27,32-35H2,1-6H3;2*1,3-12H2,2H3;/q;2*-1;+2. The van der Waals surface area contributed by atoms with E-state index in [2.05, 4.69) is 154 Å². The molecule has 0 saturated carbocycles. The second-order valence-electron chi connectivity index (χ2n) is 20.3. The van der Waals surface area contributed by atoms with E-state index in [0.717, 1.165) is 98.7 Å². The first-order valence-electron chi connectivity index (χ1n) is 30.1. The number of benzene rings is 2. The molecule has 1 aliphatic heterocycles. The molecule has 72 heavy (non-hydrogen) atoms. The Kier molecular flexibility index (Phi) is 46.7. The molecule has 1 heterocycles. The molecule has 2 aromatic rings. The molecule has 0 radical (unpaired) electrons. The van der Waals surface area contributed by atoms with Gasteiger partial charge in [0.15, 0.2) is 0 Å². The van der Waals surface area contributed by atoms with Crippen molar-refractivity contribution < 1.29 is 21.2 Å². The molecule has 0 saturated heterocycles. The molecule has 2 aromatic carbocycles. The minimum absolute atomic E-state index is 0. The fourth-order valence-corrected chi connectivity index (χ4v) is 9.86. The Bertz CT molecular complexity index is 1820. The van der Waals surface area contributed by atoms with Gasteiger partial charge in [-0.3, -0.25) is 0 Å². The van der Waals surface area contributed by atoms with Crippen LogP contribution in [0, 0.1) is 49.4 Å². The first-order chi connectivity index (χ1) is 34.9. The van der Waals surface area contributed by atoms with Gasteiger partial charge in [0.2, 0.25) is 11.4 Å². The van der Waals surface area contributed by atoms with Crippen LogP contribution in [0.5, 0.6) is 0 Å². The van der Waals surface area contributed by atoms with Gasteiger partial charge in [0.1, 0.15) is 0 Å². The zero-order valence-electron chi connectivity index (χ0n) is 48.3. The van der Waals surface area contributed by atoms with E-state index in [1.807, 2.05) is 0 Å². The van der Waals surface area contributed by atoms with E-state index in [1.165, 1.54) is 175 Å². The maximum Gasteiger partial charge on any atom is 2.00 e. The van der Waals surface area contributed by atoms with Crippen molar-refractivity contribution in [3.8, 4) is 23.7 Å². The Morgan fingerprint density at radius 1 is 0.486 bits per heavy atom. The van der Waals surface area contributed by atoms with Gasteiger partial charge in [-0.25, -0.2) is 4.70 Å². The number of allylic oxidation sites excluding steroid dienone is 4. The number of unbranched alkanes of at least 4 members (excludes halogenated alkanes) is 20. The van der Waals surface area contributed by atoms with Gasteiger partial charge in [0.25, 0.3) is 0 Å². The van der Waals surface area contributed by atoms with Gasteiger partial charge >= 0.3 is 16.5 Å². The molecule has 406 valence electrons.